The summed E-state index contributed by atoms with van der Waals surface area (Å²) in [5.74, 6) is -0.803. The highest BCUT2D eigenvalue weighted by Gasteiger charge is 2.34. The first-order chi connectivity index (χ1) is 12.5. The Kier molecular flexibility index (Phi) is 6.92. The van der Waals surface area contributed by atoms with Gasteiger partial charge in [-0.1, -0.05) is 62.4 Å². The van der Waals surface area contributed by atoms with E-state index in [1.165, 1.54) is 5.01 Å². The number of carbonyl (C=O) groups is 2. The van der Waals surface area contributed by atoms with E-state index in [1.807, 2.05) is 36.4 Å². The fourth-order valence-electron chi connectivity index (χ4n) is 2.63. The van der Waals surface area contributed by atoms with Crippen LogP contribution in [0.1, 0.15) is 38.7 Å². The minimum absolute atomic E-state index is 0.233. The van der Waals surface area contributed by atoms with Crippen molar-refractivity contribution in [3.8, 4) is 0 Å². The molecule has 0 radical (unpaired) electrons. The summed E-state index contributed by atoms with van der Waals surface area (Å²) in [7, 11) is 0. The number of aryl methyl sites for hydroxylation is 1. The van der Waals surface area contributed by atoms with Gasteiger partial charge in [0.1, 0.15) is 5.60 Å². The van der Waals surface area contributed by atoms with E-state index >= 15 is 0 Å². The molecule has 0 aliphatic carbocycles. The van der Waals surface area contributed by atoms with E-state index in [9.17, 15) is 14.7 Å². The summed E-state index contributed by atoms with van der Waals surface area (Å²) in [6, 6.07) is 18.6. The average Bonchev–Trinajstić information content (AvgIpc) is 2.70. The number of amides is 2. The summed E-state index contributed by atoms with van der Waals surface area (Å²) < 4.78 is 0. The zero-order valence-electron chi connectivity index (χ0n) is 15.3. The molecule has 2 aromatic carbocycles. The molecule has 138 valence electrons. The fraction of sp³-hybridized carbons (Fsp3) is 0.333. The molecule has 5 nitrogen and oxygen atoms in total. The van der Waals surface area contributed by atoms with Gasteiger partial charge in [0, 0.05) is 6.42 Å². The average molecular weight is 354 g/mol. The van der Waals surface area contributed by atoms with Gasteiger partial charge in [0.15, 0.2) is 0 Å². The molecule has 0 unspecified atom stereocenters. The highest BCUT2D eigenvalue weighted by molar-refractivity contribution is 5.98. The molecule has 0 heterocycles. The predicted octanol–water partition coefficient (Wildman–Crippen LogP) is 3.23. The van der Waals surface area contributed by atoms with Gasteiger partial charge in [-0.3, -0.25) is 15.0 Å². The van der Waals surface area contributed by atoms with Crippen LogP contribution in [-0.2, 0) is 16.0 Å². The van der Waals surface area contributed by atoms with Crippen LogP contribution in [0.2, 0.25) is 0 Å². The van der Waals surface area contributed by atoms with Crippen molar-refractivity contribution < 1.29 is 14.7 Å². The lowest BCUT2D eigenvalue weighted by Crippen LogP contribution is -2.55. The lowest BCUT2D eigenvalue weighted by molar-refractivity contribution is -0.142. The third-order valence-electron chi connectivity index (χ3n) is 4.54. The van der Waals surface area contributed by atoms with Gasteiger partial charge in [-0.2, -0.15) is 0 Å². The van der Waals surface area contributed by atoms with Crippen molar-refractivity contribution in [2.75, 3.05) is 5.01 Å². The Hall–Kier alpha value is -2.66. The fourth-order valence-corrected chi connectivity index (χ4v) is 2.63. The quantitative estimate of drug-likeness (QED) is 0.750. The van der Waals surface area contributed by atoms with Gasteiger partial charge in [-0.05, 0) is 37.0 Å². The lowest BCUT2D eigenvalue weighted by Gasteiger charge is -2.29. The second-order valence-corrected chi connectivity index (χ2v) is 6.23. The molecular weight excluding hydrogens is 328 g/mol. The molecular formula is C21H26N2O3. The van der Waals surface area contributed by atoms with Crippen molar-refractivity contribution in [2.45, 2.75) is 45.1 Å². The summed E-state index contributed by atoms with van der Waals surface area (Å²) in [6.07, 6.45) is 1.37. The largest absolute Gasteiger partial charge is 0.380 e. The van der Waals surface area contributed by atoms with E-state index in [-0.39, 0.29) is 25.2 Å². The summed E-state index contributed by atoms with van der Waals surface area (Å²) >= 11 is 0. The monoisotopic (exact) mass is 354 g/mol. The highest BCUT2D eigenvalue weighted by atomic mass is 16.3. The SMILES string of the molecule is CCC(O)(CC)C(=O)NN(C(=O)CCc1ccccc1)c1ccccc1. The zero-order valence-corrected chi connectivity index (χ0v) is 15.3. The summed E-state index contributed by atoms with van der Waals surface area (Å²) in [4.78, 5) is 25.3. The van der Waals surface area contributed by atoms with Crippen LogP contribution < -0.4 is 10.4 Å². The van der Waals surface area contributed by atoms with Gasteiger partial charge >= 0.3 is 0 Å². The van der Waals surface area contributed by atoms with Gasteiger partial charge in [0.05, 0.1) is 5.69 Å². The molecule has 2 rings (SSSR count). The van der Waals surface area contributed by atoms with Gasteiger partial charge < -0.3 is 5.11 Å². The zero-order chi connectivity index (χ0) is 19.0. The van der Waals surface area contributed by atoms with Gasteiger partial charge in [0.25, 0.3) is 5.91 Å². The minimum Gasteiger partial charge on any atom is -0.380 e. The standard InChI is InChI=1S/C21H26N2O3/c1-3-21(26,4-2)20(25)22-23(18-13-9-6-10-14-18)19(24)16-15-17-11-7-5-8-12-17/h5-14,26H,3-4,15-16H2,1-2H3,(H,22,25). The van der Waals surface area contributed by atoms with Crippen LogP contribution in [0.25, 0.3) is 0 Å². The Labute approximate surface area is 154 Å². The maximum absolute atomic E-state index is 12.8. The molecule has 0 atom stereocenters. The molecule has 2 amide bonds. The summed E-state index contributed by atoms with van der Waals surface area (Å²) in [5, 5.41) is 11.7. The van der Waals surface area contributed by atoms with Crippen LogP contribution in [0.3, 0.4) is 0 Å². The molecule has 2 N–H and O–H groups in total. The van der Waals surface area contributed by atoms with Crippen LogP contribution in [0, 0.1) is 0 Å². The number of aliphatic hydroxyl groups is 1. The lowest BCUT2D eigenvalue weighted by atomic mass is 9.97. The van der Waals surface area contributed by atoms with E-state index in [1.54, 1.807) is 38.1 Å². The summed E-state index contributed by atoms with van der Waals surface area (Å²) in [5.41, 5.74) is 2.73. The normalized spacial score (nSPS) is 11.0. The molecule has 2 aromatic rings. The Morgan fingerprint density at radius 3 is 2.04 bits per heavy atom. The molecule has 5 heteroatoms. The molecule has 0 saturated carbocycles. The van der Waals surface area contributed by atoms with Crippen molar-refractivity contribution in [1.82, 2.24) is 5.43 Å². The van der Waals surface area contributed by atoms with E-state index < -0.39 is 11.5 Å². The van der Waals surface area contributed by atoms with E-state index in [0.29, 0.717) is 12.1 Å². The number of nitrogens with one attached hydrogen (secondary N) is 1. The van der Waals surface area contributed by atoms with Crippen molar-refractivity contribution in [1.29, 1.82) is 0 Å². The third kappa shape index (κ3) is 4.92. The van der Waals surface area contributed by atoms with Crippen LogP contribution in [0.4, 0.5) is 5.69 Å². The first kappa shape index (κ1) is 19.7. The van der Waals surface area contributed by atoms with Gasteiger partial charge in [0.2, 0.25) is 5.91 Å². The van der Waals surface area contributed by atoms with Gasteiger partial charge in [-0.15, -0.1) is 0 Å². The Bertz CT molecular complexity index is 713. The highest BCUT2D eigenvalue weighted by Crippen LogP contribution is 2.18. The number of carbonyl (C=O) groups excluding carboxylic acids is 2. The molecule has 0 saturated heterocycles. The molecule has 0 aliphatic heterocycles. The molecule has 0 fully saturated rings. The maximum atomic E-state index is 12.8. The van der Waals surface area contributed by atoms with Crippen LogP contribution in [0.5, 0.6) is 0 Å². The minimum atomic E-state index is -1.49. The number of nitrogens with zero attached hydrogens (tertiary/aromatic N) is 1. The van der Waals surface area contributed by atoms with E-state index in [2.05, 4.69) is 5.43 Å². The van der Waals surface area contributed by atoms with Crippen molar-refractivity contribution in [2.24, 2.45) is 0 Å². The second kappa shape index (κ2) is 9.15. The Morgan fingerprint density at radius 2 is 1.50 bits per heavy atom. The van der Waals surface area contributed by atoms with Crippen LogP contribution in [0.15, 0.2) is 60.7 Å². The maximum Gasteiger partial charge on any atom is 0.270 e. The van der Waals surface area contributed by atoms with Crippen molar-refractivity contribution in [3.05, 3.63) is 66.2 Å². The van der Waals surface area contributed by atoms with Crippen molar-refractivity contribution in [3.63, 3.8) is 0 Å². The molecule has 0 aliphatic rings. The van der Waals surface area contributed by atoms with Crippen LogP contribution in [-0.4, -0.2) is 22.5 Å². The molecule has 0 bridgehead atoms. The molecule has 0 aromatic heterocycles. The van der Waals surface area contributed by atoms with Crippen molar-refractivity contribution >= 4 is 17.5 Å². The van der Waals surface area contributed by atoms with Crippen LogP contribution >= 0.6 is 0 Å². The number of rotatable bonds is 7. The Balaban J connectivity index is 2.16. The Morgan fingerprint density at radius 1 is 0.962 bits per heavy atom. The van der Waals surface area contributed by atoms with Gasteiger partial charge in [-0.25, -0.2) is 5.01 Å². The predicted molar refractivity (Wildman–Crippen MR) is 102 cm³/mol. The number of hydrogen-bond acceptors (Lipinski definition) is 3. The van der Waals surface area contributed by atoms with E-state index in [4.69, 9.17) is 0 Å². The number of hydrogen-bond donors (Lipinski definition) is 2. The second-order valence-electron chi connectivity index (χ2n) is 6.23. The number of para-hydroxylation sites is 1. The van der Waals surface area contributed by atoms with E-state index in [0.717, 1.165) is 5.56 Å². The topological polar surface area (TPSA) is 69.6 Å². The molecule has 26 heavy (non-hydrogen) atoms. The first-order valence-corrected chi connectivity index (χ1v) is 8.95. The summed E-state index contributed by atoms with van der Waals surface area (Å²) in [6.45, 7) is 3.49. The number of benzene rings is 2. The first-order valence-electron chi connectivity index (χ1n) is 8.95. The number of anilines is 1. The smallest absolute Gasteiger partial charge is 0.270 e. The molecule has 0 spiro atoms. The number of hydrazine groups is 1. The third-order valence-corrected chi connectivity index (χ3v) is 4.54.